The van der Waals surface area contributed by atoms with Crippen LogP contribution >= 0.6 is 0 Å². The van der Waals surface area contributed by atoms with E-state index in [0.29, 0.717) is 18.0 Å². The number of aromatic nitrogens is 2. The normalized spacial score (nSPS) is 16.3. The zero-order chi connectivity index (χ0) is 18.0. The summed E-state index contributed by atoms with van der Waals surface area (Å²) in [6.45, 7) is 0.255. The van der Waals surface area contributed by atoms with Crippen molar-refractivity contribution in [3.63, 3.8) is 0 Å². The maximum atomic E-state index is 13.3. The Balaban J connectivity index is 1.80. The van der Waals surface area contributed by atoms with E-state index < -0.39 is 12.0 Å². The molecule has 0 aliphatic heterocycles. The van der Waals surface area contributed by atoms with Crippen LogP contribution in [0.5, 0.6) is 0 Å². The summed E-state index contributed by atoms with van der Waals surface area (Å²) in [6.07, 6.45) is 1.12. The molecule has 0 N–H and O–H groups in total. The van der Waals surface area contributed by atoms with Crippen LogP contribution in [0.1, 0.15) is 37.9 Å². The van der Waals surface area contributed by atoms with E-state index in [2.05, 4.69) is 4.98 Å². The smallest absolute Gasteiger partial charge is 0.344 e. The number of halogens is 3. The number of benzene rings is 1. The Morgan fingerprint density at radius 3 is 2.60 bits per heavy atom. The molecule has 0 bridgehead atoms. The number of likely N-dealkylation sites (N-methyl/N-ethyl adjacent to an activating group) is 1. The van der Waals surface area contributed by atoms with E-state index in [1.165, 1.54) is 12.5 Å². The van der Waals surface area contributed by atoms with Crippen molar-refractivity contribution in [2.24, 2.45) is 5.92 Å². The molecule has 0 saturated heterocycles. The van der Waals surface area contributed by atoms with Crippen molar-refractivity contribution in [3.8, 4) is 0 Å². The first-order valence-electron chi connectivity index (χ1n) is 8.62. The van der Waals surface area contributed by atoms with Gasteiger partial charge in [-0.1, -0.05) is 31.4 Å². The van der Waals surface area contributed by atoms with Crippen molar-refractivity contribution in [1.29, 1.82) is 0 Å². The lowest BCUT2D eigenvalue weighted by Crippen LogP contribution is -2.35. The number of hydrogen-bond acceptors (Lipinski definition) is 2. The standard InChI is InChI=1S/C18H22F3N3O/c1-23(11-13-7-3-2-4-8-13)16(25)12-24-15-10-6-5-9-14(15)22-17(24)18(19,20)21/h5-6,9-10,13H,2-4,7-8,11-12H2,1H3. The van der Waals surface area contributed by atoms with Gasteiger partial charge in [0.05, 0.1) is 11.0 Å². The van der Waals surface area contributed by atoms with Gasteiger partial charge in [0.15, 0.2) is 0 Å². The molecular weight excluding hydrogens is 331 g/mol. The van der Waals surface area contributed by atoms with Crippen LogP contribution in [0, 0.1) is 5.92 Å². The minimum atomic E-state index is -4.60. The van der Waals surface area contributed by atoms with E-state index in [0.717, 1.165) is 30.3 Å². The molecule has 136 valence electrons. The van der Waals surface area contributed by atoms with Gasteiger partial charge in [0.1, 0.15) is 6.54 Å². The van der Waals surface area contributed by atoms with Gasteiger partial charge in [0, 0.05) is 13.6 Å². The molecule has 0 radical (unpaired) electrons. The van der Waals surface area contributed by atoms with Crippen LogP contribution in [0.2, 0.25) is 0 Å². The van der Waals surface area contributed by atoms with Crippen molar-refractivity contribution in [3.05, 3.63) is 30.1 Å². The molecule has 1 heterocycles. The van der Waals surface area contributed by atoms with Gasteiger partial charge in [-0.25, -0.2) is 4.98 Å². The van der Waals surface area contributed by atoms with Gasteiger partial charge >= 0.3 is 6.18 Å². The molecular formula is C18H22F3N3O. The lowest BCUT2D eigenvalue weighted by molar-refractivity contribution is -0.148. The van der Waals surface area contributed by atoms with Gasteiger partial charge < -0.3 is 9.47 Å². The molecule has 1 aliphatic rings. The summed E-state index contributed by atoms with van der Waals surface area (Å²) in [7, 11) is 1.67. The molecule has 7 heteroatoms. The summed E-state index contributed by atoms with van der Waals surface area (Å²) in [4.78, 5) is 17.8. The van der Waals surface area contributed by atoms with Gasteiger partial charge in [-0.2, -0.15) is 13.2 Å². The Bertz CT molecular complexity index is 748. The van der Waals surface area contributed by atoms with Crippen LogP contribution in [-0.2, 0) is 17.5 Å². The second-order valence-electron chi connectivity index (χ2n) is 6.79. The number of para-hydroxylation sites is 2. The third kappa shape index (κ3) is 3.96. The fraction of sp³-hybridized carbons (Fsp3) is 0.556. The molecule has 25 heavy (non-hydrogen) atoms. The SMILES string of the molecule is CN(CC1CCCCC1)C(=O)Cn1c(C(F)(F)F)nc2ccccc21. The van der Waals surface area contributed by atoms with E-state index in [-0.39, 0.29) is 18.0 Å². The number of alkyl halides is 3. The number of carbonyl (C=O) groups is 1. The van der Waals surface area contributed by atoms with Crippen LogP contribution in [0.15, 0.2) is 24.3 Å². The predicted molar refractivity (Wildman–Crippen MR) is 88.9 cm³/mol. The monoisotopic (exact) mass is 353 g/mol. The molecule has 2 aromatic rings. The first-order valence-corrected chi connectivity index (χ1v) is 8.62. The number of fused-ring (bicyclic) bond motifs is 1. The molecule has 0 spiro atoms. The highest BCUT2D eigenvalue weighted by Crippen LogP contribution is 2.31. The van der Waals surface area contributed by atoms with Crippen LogP contribution in [0.4, 0.5) is 13.2 Å². The number of hydrogen-bond donors (Lipinski definition) is 0. The fourth-order valence-electron chi connectivity index (χ4n) is 3.57. The minimum Gasteiger partial charge on any atom is -0.344 e. The predicted octanol–water partition coefficient (Wildman–Crippen LogP) is 4.09. The Labute approximate surface area is 144 Å². The Morgan fingerprint density at radius 1 is 1.24 bits per heavy atom. The van der Waals surface area contributed by atoms with Gasteiger partial charge in [-0.15, -0.1) is 0 Å². The van der Waals surface area contributed by atoms with Crippen LogP contribution in [0.25, 0.3) is 11.0 Å². The van der Waals surface area contributed by atoms with Crippen LogP contribution in [0.3, 0.4) is 0 Å². The molecule has 0 unspecified atom stereocenters. The summed E-state index contributed by atoms with van der Waals surface area (Å²) in [5.74, 6) is -0.892. The average Bonchev–Trinajstić information content (AvgIpc) is 2.95. The van der Waals surface area contributed by atoms with Crippen molar-refractivity contribution >= 4 is 16.9 Å². The first-order chi connectivity index (χ1) is 11.9. The molecule has 1 amide bonds. The zero-order valence-corrected chi connectivity index (χ0v) is 14.2. The van der Waals surface area contributed by atoms with Crippen LogP contribution in [-0.4, -0.2) is 34.0 Å². The van der Waals surface area contributed by atoms with E-state index in [1.54, 1.807) is 30.1 Å². The summed E-state index contributed by atoms with van der Waals surface area (Å²) in [6, 6.07) is 6.37. The molecule has 1 fully saturated rings. The quantitative estimate of drug-likeness (QED) is 0.830. The summed E-state index contributed by atoms with van der Waals surface area (Å²) >= 11 is 0. The zero-order valence-electron chi connectivity index (χ0n) is 14.2. The number of amides is 1. The average molecular weight is 353 g/mol. The van der Waals surface area contributed by atoms with Gasteiger partial charge in [-0.05, 0) is 30.9 Å². The lowest BCUT2D eigenvalue weighted by atomic mass is 9.89. The van der Waals surface area contributed by atoms with E-state index >= 15 is 0 Å². The number of carbonyl (C=O) groups excluding carboxylic acids is 1. The van der Waals surface area contributed by atoms with Gasteiger partial charge in [-0.3, -0.25) is 4.79 Å². The first kappa shape index (κ1) is 17.8. The topological polar surface area (TPSA) is 38.1 Å². The van der Waals surface area contributed by atoms with Crippen LogP contribution < -0.4 is 0 Å². The van der Waals surface area contributed by atoms with Crippen molar-refractivity contribution in [2.45, 2.75) is 44.8 Å². The molecule has 1 aromatic heterocycles. The number of nitrogens with zero attached hydrogens (tertiary/aromatic N) is 3. The summed E-state index contributed by atoms with van der Waals surface area (Å²) in [5.41, 5.74) is 0.576. The van der Waals surface area contributed by atoms with E-state index in [4.69, 9.17) is 0 Å². The van der Waals surface area contributed by atoms with Crippen molar-refractivity contribution in [1.82, 2.24) is 14.5 Å². The highest BCUT2D eigenvalue weighted by Gasteiger charge is 2.38. The Hall–Kier alpha value is -2.05. The number of rotatable bonds is 4. The highest BCUT2D eigenvalue weighted by molar-refractivity contribution is 5.81. The summed E-state index contributed by atoms with van der Waals surface area (Å²) in [5, 5.41) is 0. The van der Waals surface area contributed by atoms with E-state index in [9.17, 15) is 18.0 Å². The Morgan fingerprint density at radius 2 is 1.92 bits per heavy atom. The minimum absolute atomic E-state index is 0.248. The lowest BCUT2D eigenvalue weighted by Gasteiger charge is -2.27. The molecule has 1 aliphatic carbocycles. The largest absolute Gasteiger partial charge is 0.449 e. The third-order valence-electron chi connectivity index (χ3n) is 4.88. The van der Waals surface area contributed by atoms with Gasteiger partial charge in [0.25, 0.3) is 0 Å². The van der Waals surface area contributed by atoms with Crippen molar-refractivity contribution in [2.75, 3.05) is 13.6 Å². The second kappa shape index (κ2) is 7.06. The Kier molecular flexibility index (Phi) is 5.01. The van der Waals surface area contributed by atoms with Crippen molar-refractivity contribution < 1.29 is 18.0 Å². The molecule has 3 rings (SSSR count). The van der Waals surface area contributed by atoms with Gasteiger partial charge in [0.2, 0.25) is 11.7 Å². The second-order valence-corrected chi connectivity index (χ2v) is 6.79. The molecule has 4 nitrogen and oxygen atoms in total. The summed E-state index contributed by atoms with van der Waals surface area (Å²) < 4.78 is 40.9. The number of imidazole rings is 1. The molecule has 1 aromatic carbocycles. The highest BCUT2D eigenvalue weighted by atomic mass is 19.4. The molecule has 1 saturated carbocycles. The van der Waals surface area contributed by atoms with E-state index in [1.807, 2.05) is 0 Å². The maximum Gasteiger partial charge on any atom is 0.449 e. The molecule has 0 atom stereocenters. The third-order valence-corrected chi connectivity index (χ3v) is 4.88. The fourth-order valence-corrected chi connectivity index (χ4v) is 3.57. The maximum absolute atomic E-state index is 13.3.